The molecular weight excluding hydrogens is 224 g/mol. The second-order valence-electron chi connectivity index (χ2n) is 4.60. The van der Waals surface area contributed by atoms with Gasteiger partial charge in [-0.25, -0.2) is 9.59 Å². The highest BCUT2D eigenvalue weighted by Crippen LogP contribution is 2.20. The lowest BCUT2D eigenvalue weighted by Crippen LogP contribution is -2.52. The lowest BCUT2D eigenvalue weighted by molar-refractivity contribution is -0.141. The molecule has 2 aliphatic rings. The summed E-state index contributed by atoms with van der Waals surface area (Å²) in [6.45, 7) is 4.08. The number of aliphatic carboxylic acids is 1. The number of hydrogen-bond acceptors (Lipinski definition) is 3. The Morgan fingerprint density at radius 1 is 1.35 bits per heavy atom. The van der Waals surface area contributed by atoms with Crippen LogP contribution in [0, 0.1) is 0 Å². The number of morpholine rings is 1. The van der Waals surface area contributed by atoms with Crippen LogP contribution < -0.4 is 0 Å². The van der Waals surface area contributed by atoms with E-state index in [2.05, 4.69) is 0 Å². The molecule has 0 aromatic heterocycles. The van der Waals surface area contributed by atoms with Crippen LogP contribution in [-0.2, 0) is 9.53 Å². The molecule has 6 nitrogen and oxygen atoms in total. The molecule has 0 aromatic rings. The number of hydrogen-bond donors (Lipinski definition) is 1. The van der Waals surface area contributed by atoms with Gasteiger partial charge >= 0.3 is 12.0 Å². The maximum absolute atomic E-state index is 12.2. The van der Waals surface area contributed by atoms with E-state index in [-0.39, 0.29) is 12.1 Å². The maximum atomic E-state index is 12.2. The number of rotatable bonds is 1. The van der Waals surface area contributed by atoms with Gasteiger partial charge in [0.15, 0.2) is 0 Å². The summed E-state index contributed by atoms with van der Waals surface area (Å²) in [5, 5.41) is 9.05. The van der Waals surface area contributed by atoms with Crippen LogP contribution in [0.3, 0.4) is 0 Å². The summed E-state index contributed by atoms with van der Waals surface area (Å²) >= 11 is 0. The molecule has 2 heterocycles. The van der Waals surface area contributed by atoms with Gasteiger partial charge in [0.2, 0.25) is 0 Å². The molecule has 0 bridgehead atoms. The third-order valence-corrected chi connectivity index (χ3v) is 3.30. The first-order valence-electron chi connectivity index (χ1n) is 5.99. The maximum Gasteiger partial charge on any atom is 0.326 e. The van der Waals surface area contributed by atoms with Gasteiger partial charge < -0.3 is 19.6 Å². The lowest BCUT2D eigenvalue weighted by Gasteiger charge is -2.35. The minimum atomic E-state index is -0.905. The lowest BCUT2D eigenvalue weighted by atomic mass is 10.2. The summed E-state index contributed by atoms with van der Waals surface area (Å²) in [6.07, 6.45) is 1.35. The molecule has 0 aliphatic carbocycles. The van der Waals surface area contributed by atoms with Crippen molar-refractivity contribution < 1.29 is 19.4 Å². The number of carbonyl (C=O) groups excluding carboxylic acids is 1. The van der Waals surface area contributed by atoms with E-state index in [0.717, 1.165) is 6.42 Å². The fourth-order valence-corrected chi connectivity index (χ4v) is 2.43. The molecular formula is C11H18N2O4. The number of carbonyl (C=O) groups is 2. The Hall–Kier alpha value is -1.30. The van der Waals surface area contributed by atoms with Crippen LogP contribution >= 0.6 is 0 Å². The van der Waals surface area contributed by atoms with Gasteiger partial charge in [0, 0.05) is 19.6 Å². The van der Waals surface area contributed by atoms with E-state index in [4.69, 9.17) is 9.84 Å². The zero-order chi connectivity index (χ0) is 12.4. The van der Waals surface area contributed by atoms with E-state index in [1.807, 2.05) is 6.92 Å². The smallest absolute Gasteiger partial charge is 0.326 e. The molecule has 6 heteroatoms. The van der Waals surface area contributed by atoms with Gasteiger partial charge in [-0.3, -0.25) is 0 Å². The highest BCUT2D eigenvalue weighted by atomic mass is 16.5. The van der Waals surface area contributed by atoms with Crippen molar-refractivity contribution in [2.24, 2.45) is 0 Å². The highest BCUT2D eigenvalue weighted by Gasteiger charge is 2.37. The first-order chi connectivity index (χ1) is 8.09. The molecule has 1 unspecified atom stereocenters. The van der Waals surface area contributed by atoms with Gasteiger partial charge in [-0.2, -0.15) is 0 Å². The minimum Gasteiger partial charge on any atom is -0.480 e. The molecule has 2 fully saturated rings. The second kappa shape index (κ2) is 4.91. The summed E-state index contributed by atoms with van der Waals surface area (Å²) < 4.78 is 5.37. The van der Waals surface area contributed by atoms with Crippen molar-refractivity contribution in [3.05, 3.63) is 0 Å². The molecule has 96 valence electrons. The third-order valence-electron chi connectivity index (χ3n) is 3.30. The molecule has 2 atom stereocenters. The van der Waals surface area contributed by atoms with Crippen molar-refractivity contribution in [3.8, 4) is 0 Å². The summed E-state index contributed by atoms with van der Waals surface area (Å²) in [5.41, 5.74) is 0. The van der Waals surface area contributed by atoms with E-state index in [1.165, 1.54) is 4.90 Å². The van der Waals surface area contributed by atoms with Gasteiger partial charge in [0.05, 0.1) is 12.7 Å². The van der Waals surface area contributed by atoms with Gasteiger partial charge in [0.1, 0.15) is 6.04 Å². The normalized spacial score (nSPS) is 29.5. The number of ether oxygens (including phenoxy) is 1. The molecule has 1 N–H and O–H groups in total. The summed E-state index contributed by atoms with van der Waals surface area (Å²) in [7, 11) is 0. The van der Waals surface area contributed by atoms with E-state index in [0.29, 0.717) is 32.7 Å². The summed E-state index contributed by atoms with van der Waals surface area (Å²) in [4.78, 5) is 26.4. The average molecular weight is 242 g/mol. The van der Waals surface area contributed by atoms with Crippen LogP contribution in [0.25, 0.3) is 0 Å². The molecule has 0 radical (unpaired) electrons. The Kier molecular flexibility index (Phi) is 3.51. The second-order valence-corrected chi connectivity index (χ2v) is 4.60. The minimum absolute atomic E-state index is 0.0265. The zero-order valence-corrected chi connectivity index (χ0v) is 9.96. The van der Waals surface area contributed by atoms with Crippen LogP contribution in [0.4, 0.5) is 4.79 Å². The van der Waals surface area contributed by atoms with E-state index in [1.54, 1.807) is 4.90 Å². The molecule has 17 heavy (non-hydrogen) atoms. The average Bonchev–Trinajstić information content (AvgIpc) is 2.77. The predicted octanol–water partition coefficient (Wildman–Crippen LogP) is 0.376. The molecule has 0 saturated carbocycles. The van der Waals surface area contributed by atoms with Gasteiger partial charge in [-0.15, -0.1) is 0 Å². The Bertz CT molecular complexity index is 321. The monoisotopic (exact) mass is 242 g/mol. The number of likely N-dealkylation sites (tertiary alicyclic amines) is 1. The molecule has 0 aromatic carbocycles. The first kappa shape index (κ1) is 12.2. The fourth-order valence-electron chi connectivity index (χ4n) is 2.43. The van der Waals surface area contributed by atoms with Crippen LogP contribution in [0.2, 0.25) is 0 Å². The Labute approximate surface area is 100 Å². The van der Waals surface area contributed by atoms with Crippen LogP contribution in [-0.4, -0.2) is 65.3 Å². The quantitative estimate of drug-likeness (QED) is 0.721. The third kappa shape index (κ3) is 2.52. The molecule has 2 amide bonds. The summed E-state index contributed by atoms with van der Waals surface area (Å²) in [6, 6.07) is -0.814. The highest BCUT2D eigenvalue weighted by molar-refractivity contribution is 5.83. The van der Waals surface area contributed by atoms with Gasteiger partial charge in [0.25, 0.3) is 0 Å². The number of carboxylic acid groups (broad SMARTS) is 1. The molecule has 0 spiro atoms. The van der Waals surface area contributed by atoms with Gasteiger partial charge in [-0.05, 0) is 19.8 Å². The van der Waals surface area contributed by atoms with Gasteiger partial charge in [-0.1, -0.05) is 0 Å². The number of urea groups is 1. The summed E-state index contributed by atoms with van der Waals surface area (Å²) in [5.74, 6) is -0.905. The van der Waals surface area contributed by atoms with Crippen LogP contribution in [0.1, 0.15) is 19.8 Å². The first-order valence-corrected chi connectivity index (χ1v) is 5.99. The Morgan fingerprint density at radius 3 is 2.76 bits per heavy atom. The number of nitrogens with zero attached hydrogens (tertiary/aromatic N) is 2. The van der Waals surface area contributed by atoms with E-state index >= 15 is 0 Å². The Balaban J connectivity index is 2.01. The van der Waals surface area contributed by atoms with Crippen LogP contribution in [0.5, 0.6) is 0 Å². The Morgan fingerprint density at radius 2 is 2.12 bits per heavy atom. The molecule has 2 saturated heterocycles. The van der Waals surface area contributed by atoms with Crippen molar-refractivity contribution in [2.45, 2.75) is 31.9 Å². The van der Waals surface area contributed by atoms with Crippen molar-refractivity contribution >= 4 is 12.0 Å². The van der Waals surface area contributed by atoms with E-state index < -0.39 is 12.0 Å². The number of amides is 2. The van der Waals surface area contributed by atoms with Crippen molar-refractivity contribution in [2.75, 3.05) is 26.2 Å². The SMILES string of the molecule is CC1CN(C(=O)N2CCC[C@@H]2C(=O)O)CCO1. The topological polar surface area (TPSA) is 70.1 Å². The van der Waals surface area contributed by atoms with Crippen LogP contribution in [0.15, 0.2) is 0 Å². The van der Waals surface area contributed by atoms with Crippen molar-refractivity contribution in [1.82, 2.24) is 9.80 Å². The zero-order valence-electron chi connectivity index (χ0n) is 9.96. The van der Waals surface area contributed by atoms with Crippen molar-refractivity contribution in [3.63, 3.8) is 0 Å². The molecule has 2 rings (SSSR count). The predicted molar refractivity (Wildman–Crippen MR) is 59.7 cm³/mol. The largest absolute Gasteiger partial charge is 0.480 e. The fraction of sp³-hybridized carbons (Fsp3) is 0.818. The van der Waals surface area contributed by atoms with E-state index in [9.17, 15) is 9.59 Å². The van der Waals surface area contributed by atoms with Crippen molar-refractivity contribution in [1.29, 1.82) is 0 Å². The number of carboxylic acids is 1. The molecule has 2 aliphatic heterocycles. The standard InChI is InChI=1S/C11H18N2O4/c1-8-7-12(5-6-17-8)11(16)13-4-2-3-9(13)10(14)15/h8-9H,2-7H2,1H3,(H,14,15)/t8?,9-/m1/s1.